The molecule has 0 bridgehead atoms. The van der Waals surface area contributed by atoms with Gasteiger partial charge in [-0.05, 0) is 63.4 Å². The molecule has 0 unspecified atom stereocenters. The topological polar surface area (TPSA) is 43.6 Å². The Labute approximate surface area is 315 Å². The van der Waals surface area contributed by atoms with E-state index in [4.69, 9.17) is 15.0 Å². The van der Waals surface area contributed by atoms with Gasteiger partial charge < -0.3 is 0 Å². The number of thiophene rings is 1. The molecule has 0 N–H and O–H groups in total. The van der Waals surface area contributed by atoms with E-state index in [2.05, 4.69) is 168 Å². The Kier molecular flexibility index (Phi) is 7.00. The molecular weight excluding hydrogens is 677 g/mol. The number of para-hydroxylation sites is 1. The largest absolute Gasteiger partial charge is 0.276 e. The van der Waals surface area contributed by atoms with Gasteiger partial charge in [0.1, 0.15) is 0 Å². The fourth-order valence-electron chi connectivity index (χ4n) is 8.00. The van der Waals surface area contributed by atoms with Crippen molar-refractivity contribution in [3.05, 3.63) is 182 Å². The van der Waals surface area contributed by atoms with Gasteiger partial charge in [-0.25, -0.2) is 4.98 Å². The average molecular weight is 707 g/mol. The summed E-state index contributed by atoms with van der Waals surface area (Å²) in [6.45, 7) is 0. The third-order valence-electron chi connectivity index (χ3n) is 10.4. The zero-order chi connectivity index (χ0) is 35.6. The van der Waals surface area contributed by atoms with Crippen LogP contribution in [0.4, 0.5) is 0 Å². The molecule has 0 saturated heterocycles. The molecule has 0 fully saturated rings. The molecule has 0 aliphatic carbocycles. The van der Waals surface area contributed by atoms with Crippen molar-refractivity contribution in [2.45, 2.75) is 0 Å². The number of nitrogens with zero attached hydrogens (tertiary/aromatic N) is 4. The van der Waals surface area contributed by atoms with E-state index in [-0.39, 0.29) is 0 Å². The summed E-state index contributed by atoms with van der Waals surface area (Å²) in [5.41, 5.74) is 8.51. The van der Waals surface area contributed by atoms with Crippen molar-refractivity contribution >= 4 is 64.1 Å². The monoisotopic (exact) mass is 706 g/mol. The smallest absolute Gasteiger partial charge is 0.238 e. The molecule has 54 heavy (non-hydrogen) atoms. The molecule has 8 aromatic carbocycles. The molecule has 4 nitrogen and oxygen atoms in total. The SMILES string of the molecule is c1ccc(-c2cc(-c3ccccc3)cc(-c3nc(-c4ccccc4)nc(-n4c5ccccc5c5c6ccccc6c6c7ccccc7sc6c54)n3)c2)cc1. The van der Waals surface area contributed by atoms with Gasteiger partial charge >= 0.3 is 0 Å². The molecule has 0 atom stereocenters. The number of hydrogen-bond donors (Lipinski definition) is 0. The lowest BCUT2D eigenvalue weighted by atomic mass is 9.96. The second kappa shape index (κ2) is 12.3. The van der Waals surface area contributed by atoms with Crippen LogP contribution in [0, 0.1) is 0 Å². The molecule has 11 rings (SSSR count). The van der Waals surface area contributed by atoms with E-state index in [9.17, 15) is 0 Å². The predicted molar refractivity (Wildman–Crippen MR) is 226 cm³/mol. The van der Waals surface area contributed by atoms with Gasteiger partial charge in [-0.2, -0.15) is 9.97 Å². The van der Waals surface area contributed by atoms with Gasteiger partial charge in [-0.1, -0.05) is 152 Å². The zero-order valence-electron chi connectivity index (χ0n) is 29.0. The minimum Gasteiger partial charge on any atom is -0.276 e. The van der Waals surface area contributed by atoms with Gasteiger partial charge in [0.15, 0.2) is 11.6 Å². The van der Waals surface area contributed by atoms with E-state index in [1.807, 2.05) is 29.5 Å². The second-order valence-corrected chi connectivity index (χ2v) is 14.7. The van der Waals surface area contributed by atoms with Crippen LogP contribution in [0.1, 0.15) is 0 Å². The van der Waals surface area contributed by atoms with Crippen molar-refractivity contribution in [3.8, 4) is 51.0 Å². The second-order valence-electron chi connectivity index (χ2n) is 13.6. The number of benzene rings is 8. The molecule has 3 aromatic heterocycles. The summed E-state index contributed by atoms with van der Waals surface area (Å²) in [7, 11) is 0. The van der Waals surface area contributed by atoms with Crippen LogP contribution >= 0.6 is 11.3 Å². The standard InChI is InChI=1S/C49H30N4S/c1-4-16-31(17-5-1)34-28-35(32-18-6-2-7-19-32)30-36(29-34)48-50-47(33-20-8-3-9-21-33)51-49(52-48)53-41-26-14-12-24-39(41)43-37-22-10-11-23-38(37)44-40-25-13-15-27-42(40)54-46(44)45(43)53/h1-30H. The Morgan fingerprint density at radius 3 is 1.50 bits per heavy atom. The van der Waals surface area contributed by atoms with Crippen molar-refractivity contribution in [3.63, 3.8) is 0 Å². The van der Waals surface area contributed by atoms with Crippen LogP contribution in [0.25, 0.3) is 104 Å². The van der Waals surface area contributed by atoms with Crippen LogP contribution in [0.2, 0.25) is 0 Å². The minimum absolute atomic E-state index is 0.588. The Balaban J connectivity index is 1.27. The highest BCUT2D eigenvalue weighted by atomic mass is 32.1. The highest BCUT2D eigenvalue weighted by Gasteiger charge is 2.24. The van der Waals surface area contributed by atoms with E-state index < -0.39 is 0 Å². The van der Waals surface area contributed by atoms with E-state index in [1.165, 1.54) is 41.7 Å². The summed E-state index contributed by atoms with van der Waals surface area (Å²) in [5.74, 6) is 1.83. The first-order valence-electron chi connectivity index (χ1n) is 18.1. The fourth-order valence-corrected chi connectivity index (χ4v) is 9.25. The Morgan fingerprint density at radius 2 is 0.852 bits per heavy atom. The van der Waals surface area contributed by atoms with Gasteiger partial charge in [0.2, 0.25) is 5.95 Å². The maximum atomic E-state index is 5.43. The molecule has 3 heterocycles. The molecule has 0 spiro atoms. The van der Waals surface area contributed by atoms with Crippen LogP contribution in [0.5, 0.6) is 0 Å². The predicted octanol–water partition coefficient (Wildman–Crippen LogP) is 13.2. The molecule has 5 heteroatoms. The van der Waals surface area contributed by atoms with Crippen molar-refractivity contribution in [1.29, 1.82) is 0 Å². The highest BCUT2D eigenvalue weighted by molar-refractivity contribution is 7.27. The van der Waals surface area contributed by atoms with Crippen molar-refractivity contribution in [1.82, 2.24) is 19.5 Å². The van der Waals surface area contributed by atoms with Gasteiger partial charge in [0.05, 0.1) is 15.7 Å². The molecule has 11 aromatic rings. The van der Waals surface area contributed by atoms with Crippen LogP contribution in [0.15, 0.2) is 182 Å². The quantitative estimate of drug-likeness (QED) is 0.179. The highest BCUT2D eigenvalue weighted by Crippen LogP contribution is 2.47. The van der Waals surface area contributed by atoms with E-state index >= 15 is 0 Å². The maximum absolute atomic E-state index is 5.43. The Hall–Kier alpha value is -6.95. The summed E-state index contributed by atoms with van der Waals surface area (Å²) in [5, 5.41) is 7.39. The summed E-state index contributed by atoms with van der Waals surface area (Å²) in [4.78, 5) is 16.0. The summed E-state index contributed by atoms with van der Waals surface area (Å²) in [6, 6.07) is 64.2. The van der Waals surface area contributed by atoms with E-state index in [0.717, 1.165) is 44.4 Å². The Morgan fingerprint density at radius 1 is 0.370 bits per heavy atom. The van der Waals surface area contributed by atoms with Crippen LogP contribution < -0.4 is 0 Å². The van der Waals surface area contributed by atoms with Crippen molar-refractivity contribution in [2.75, 3.05) is 0 Å². The van der Waals surface area contributed by atoms with Gasteiger partial charge in [0.25, 0.3) is 0 Å². The number of aromatic nitrogens is 4. The third kappa shape index (κ3) is 4.86. The molecular formula is C49H30N4S. The lowest BCUT2D eigenvalue weighted by Gasteiger charge is -2.14. The molecule has 0 amide bonds. The lowest BCUT2D eigenvalue weighted by Crippen LogP contribution is -2.06. The first kappa shape index (κ1) is 30.7. The zero-order valence-corrected chi connectivity index (χ0v) is 29.8. The van der Waals surface area contributed by atoms with Crippen molar-refractivity contribution in [2.24, 2.45) is 0 Å². The third-order valence-corrected chi connectivity index (χ3v) is 11.6. The maximum Gasteiger partial charge on any atom is 0.238 e. The first-order chi connectivity index (χ1) is 26.8. The summed E-state index contributed by atoms with van der Waals surface area (Å²) >= 11 is 1.84. The summed E-state index contributed by atoms with van der Waals surface area (Å²) < 4.78 is 4.77. The van der Waals surface area contributed by atoms with Gasteiger partial charge in [-0.15, -0.1) is 11.3 Å². The number of hydrogen-bond acceptors (Lipinski definition) is 4. The molecule has 252 valence electrons. The fraction of sp³-hybridized carbons (Fsp3) is 0. The number of rotatable bonds is 5. The number of fused-ring (bicyclic) bond motifs is 10. The normalized spacial score (nSPS) is 11.7. The van der Waals surface area contributed by atoms with Gasteiger partial charge in [0, 0.05) is 37.4 Å². The summed E-state index contributed by atoms with van der Waals surface area (Å²) in [6.07, 6.45) is 0. The van der Waals surface area contributed by atoms with Crippen LogP contribution in [0.3, 0.4) is 0 Å². The molecule has 0 aliphatic rings. The molecule has 0 aliphatic heterocycles. The van der Waals surface area contributed by atoms with Crippen LogP contribution in [-0.4, -0.2) is 19.5 Å². The van der Waals surface area contributed by atoms with Crippen LogP contribution in [-0.2, 0) is 0 Å². The first-order valence-corrected chi connectivity index (χ1v) is 18.9. The molecule has 0 saturated carbocycles. The van der Waals surface area contributed by atoms with Gasteiger partial charge in [-0.3, -0.25) is 4.57 Å². The van der Waals surface area contributed by atoms with E-state index in [0.29, 0.717) is 17.6 Å². The van der Waals surface area contributed by atoms with E-state index in [1.54, 1.807) is 0 Å². The molecule has 0 radical (unpaired) electrons. The Bertz CT molecular complexity index is 3140. The van der Waals surface area contributed by atoms with Crippen molar-refractivity contribution < 1.29 is 0 Å². The average Bonchev–Trinajstić information content (AvgIpc) is 3.82. The minimum atomic E-state index is 0.588. The lowest BCUT2D eigenvalue weighted by molar-refractivity contribution is 0.955.